The molecule has 3 rings (SSSR count). The zero-order valence-electron chi connectivity index (χ0n) is 11.5. The molecule has 2 heteroatoms. The zero-order valence-corrected chi connectivity index (χ0v) is 11.5. The molecular weight excluding hydrogens is 248 g/mol. The number of phenols is 2. The van der Waals surface area contributed by atoms with Crippen LogP contribution in [0.25, 0.3) is 11.1 Å². The Kier molecular flexibility index (Phi) is 3.64. The van der Waals surface area contributed by atoms with Gasteiger partial charge in [-0.15, -0.1) is 0 Å². The Morgan fingerprint density at radius 1 is 0.900 bits per heavy atom. The third kappa shape index (κ3) is 2.64. The molecule has 1 saturated carbocycles. The van der Waals surface area contributed by atoms with Gasteiger partial charge in [0.2, 0.25) is 0 Å². The van der Waals surface area contributed by atoms with Crippen LogP contribution in [0, 0.1) is 6.07 Å². The van der Waals surface area contributed by atoms with E-state index in [2.05, 4.69) is 12.1 Å². The minimum absolute atomic E-state index is 0.148. The molecule has 0 aromatic heterocycles. The fourth-order valence-electron chi connectivity index (χ4n) is 3.11. The molecule has 0 heterocycles. The largest absolute Gasteiger partial charge is 0.508 e. The van der Waals surface area contributed by atoms with Crippen molar-refractivity contribution in [2.24, 2.45) is 0 Å². The van der Waals surface area contributed by atoms with Gasteiger partial charge in [-0.3, -0.25) is 0 Å². The minimum Gasteiger partial charge on any atom is -0.508 e. The summed E-state index contributed by atoms with van der Waals surface area (Å²) >= 11 is 0. The number of phenolic OH excluding ortho intramolecular Hbond substituents is 2. The maximum atomic E-state index is 10.1. The summed E-state index contributed by atoms with van der Waals surface area (Å²) < 4.78 is 0. The van der Waals surface area contributed by atoms with E-state index >= 15 is 0 Å². The summed E-state index contributed by atoms with van der Waals surface area (Å²) in [6.07, 6.45) is 6.11. The van der Waals surface area contributed by atoms with Gasteiger partial charge >= 0.3 is 0 Å². The van der Waals surface area contributed by atoms with E-state index in [4.69, 9.17) is 0 Å². The molecule has 0 unspecified atom stereocenters. The lowest BCUT2D eigenvalue weighted by molar-refractivity contribution is 0.414. The van der Waals surface area contributed by atoms with Crippen molar-refractivity contribution in [1.82, 2.24) is 0 Å². The lowest BCUT2D eigenvalue weighted by atomic mass is 9.83. The maximum Gasteiger partial charge on any atom is 0.124 e. The monoisotopic (exact) mass is 267 g/mol. The summed E-state index contributed by atoms with van der Waals surface area (Å²) in [6.45, 7) is 0. The van der Waals surface area contributed by atoms with E-state index < -0.39 is 0 Å². The SMILES string of the molecule is Oc1[c]ccc(-c2ccc(O)c(C3CCCCC3)c2)c1. The summed E-state index contributed by atoms with van der Waals surface area (Å²) in [5.41, 5.74) is 3.04. The molecule has 1 aliphatic rings. The predicted molar refractivity (Wildman–Crippen MR) is 79.9 cm³/mol. The van der Waals surface area contributed by atoms with E-state index in [0.29, 0.717) is 11.7 Å². The topological polar surface area (TPSA) is 40.5 Å². The second-order valence-electron chi connectivity index (χ2n) is 5.57. The number of benzene rings is 2. The molecule has 0 bridgehead atoms. The van der Waals surface area contributed by atoms with Gasteiger partial charge in [-0.1, -0.05) is 31.4 Å². The summed E-state index contributed by atoms with van der Waals surface area (Å²) in [5, 5.41) is 19.7. The third-order valence-corrected chi connectivity index (χ3v) is 4.19. The summed E-state index contributed by atoms with van der Waals surface area (Å²) in [5.74, 6) is 1.01. The van der Waals surface area contributed by atoms with Crippen LogP contribution in [0.5, 0.6) is 11.5 Å². The van der Waals surface area contributed by atoms with Crippen molar-refractivity contribution in [3.63, 3.8) is 0 Å². The van der Waals surface area contributed by atoms with Gasteiger partial charge in [0.25, 0.3) is 0 Å². The van der Waals surface area contributed by atoms with Crippen molar-refractivity contribution in [3.8, 4) is 22.6 Å². The van der Waals surface area contributed by atoms with E-state index in [0.717, 1.165) is 29.5 Å². The van der Waals surface area contributed by atoms with Crippen LogP contribution in [0.3, 0.4) is 0 Å². The van der Waals surface area contributed by atoms with Crippen LogP contribution in [0.1, 0.15) is 43.6 Å². The van der Waals surface area contributed by atoms with Crippen LogP contribution in [0.15, 0.2) is 36.4 Å². The highest BCUT2D eigenvalue weighted by Crippen LogP contribution is 2.39. The first-order chi connectivity index (χ1) is 9.74. The molecule has 1 aliphatic carbocycles. The molecule has 103 valence electrons. The molecule has 2 N–H and O–H groups in total. The van der Waals surface area contributed by atoms with Crippen molar-refractivity contribution < 1.29 is 10.2 Å². The quantitative estimate of drug-likeness (QED) is 0.834. The molecule has 1 fully saturated rings. The van der Waals surface area contributed by atoms with Crippen molar-refractivity contribution in [2.75, 3.05) is 0 Å². The lowest BCUT2D eigenvalue weighted by Crippen LogP contribution is -2.04. The van der Waals surface area contributed by atoms with Gasteiger partial charge in [0.05, 0.1) is 0 Å². The number of hydrogen-bond acceptors (Lipinski definition) is 2. The van der Waals surface area contributed by atoms with Gasteiger partial charge in [-0.25, -0.2) is 0 Å². The van der Waals surface area contributed by atoms with E-state index in [1.807, 2.05) is 12.1 Å². The second kappa shape index (κ2) is 5.58. The van der Waals surface area contributed by atoms with Crippen LogP contribution < -0.4 is 0 Å². The summed E-state index contributed by atoms with van der Waals surface area (Å²) in [4.78, 5) is 0. The van der Waals surface area contributed by atoms with E-state index in [1.165, 1.54) is 19.3 Å². The Hall–Kier alpha value is -1.96. The number of rotatable bonds is 2. The van der Waals surface area contributed by atoms with Gasteiger partial charge in [0.15, 0.2) is 0 Å². The molecule has 0 saturated heterocycles. The highest BCUT2D eigenvalue weighted by atomic mass is 16.3. The molecular formula is C18H19O2. The maximum absolute atomic E-state index is 10.1. The first-order valence-corrected chi connectivity index (χ1v) is 7.28. The Labute approximate surface area is 119 Å². The van der Waals surface area contributed by atoms with Crippen LogP contribution in [0.4, 0.5) is 0 Å². The molecule has 20 heavy (non-hydrogen) atoms. The molecule has 2 nitrogen and oxygen atoms in total. The summed E-state index contributed by atoms with van der Waals surface area (Å²) in [7, 11) is 0. The average Bonchev–Trinajstić information content (AvgIpc) is 2.48. The van der Waals surface area contributed by atoms with Gasteiger partial charge in [-0.05, 0) is 59.7 Å². The second-order valence-corrected chi connectivity index (χ2v) is 5.57. The number of aromatic hydroxyl groups is 2. The normalized spacial score (nSPS) is 16.2. The summed E-state index contributed by atoms with van der Waals surface area (Å²) in [6, 6.07) is 13.8. The number of hydrogen-bond donors (Lipinski definition) is 2. The Morgan fingerprint density at radius 2 is 1.65 bits per heavy atom. The highest BCUT2D eigenvalue weighted by molar-refractivity contribution is 5.67. The molecule has 0 amide bonds. The molecule has 2 aromatic rings. The molecule has 0 aliphatic heterocycles. The first-order valence-electron chi connectivity index (χ1n) is 7.28. The Morgan fingerprint density at radius 3 is 2.40 bits per heavy atom. The van der Waals surface area contributed by atoms with Gasteiger partial charge in [0, 0.05) is 6.07 Å². The average molecular weight is 267 g/mol. The molecule has 2 aromatic carbocycles. The van der Waals surface area contributed by atoms with Gasteiger partial charge in [-0.2, -0.15) is 0 Å². The molecule has 1 radical (unpaired) electrons. The standard InChI is InChI=1S/C18H19O2/c19-16-8-4-7-14(11-16)15-9-10-18(20)17(12-15)13-5-2-1-3-6-13/h4,7,9-13,19-20H,1-3,5-6H2. The Bertz CT molecular complexity index is 598. The zero-order chi connectivity index (χ0) is 13.9. The third-order valence-electron chi connectivity index (χ3n) is 4.19. The van der Waals surface area contributed by atoms with Crippen molar-refractivity contribution >= 4 is 0 Å². The van der Waals surface area contributed by atoms with E-state index in [1.54, 1.807) is 18.2 Å². The van der Waals surface area contributed by atoms with Crippen LogP contribution >= 0.6 is 0 Å². The predicted octanol–water partition coefficient (Wildman–Crippen LogP) is 4.61. The van der Waals surface area contributed by atoms with E-state index in [-0.39, 0.29) is 5.75 Å². The van der Waals surface area contributed by atoms with Gasteiger partial charge in [0.1, 0.15) is 11.5 Å². The van der Waals surface area contributed by atoms with Crippen molar-refractivity contribution in [1.29, 1.82) is 0 Å². The lowest BCUT2D eigenvalue weighted by Gasteiger charge is -2.23. The fraction of sp³-hybridized carbons (Fsp3) is 0.333. The van der Waals surface area contributed by atoms with Crippen molar-refractivity contribution in [3.05, 3.63) is 48.0 Å². The smallest absolute Gasteiger partial charge is 0.124 e. The van der Waals surface area contributed by atoms with Crippen LogP contribution in [0.2, 0.25) is 0 Å². The fourth-order valence-corrected chi connectivity index (χ4v) is 3.11. The highest BCUT2D eigenvalue weighted by Gasteiger charge is 2.19. The minimum atomic E-state index is 0.148. The van der Waals surface area contributed by atoms with E-state index in [9.17, 15) is 10.2 Å². The molecule has 0 atom stereocenters. The molecule has 0 spiro atoms. The van der Waals surface area contributed by atoms with Crippen LogP contribution in [-0.4, -0.2) is 10.2 Å². The first kappa shape index (κ1) is 13.0. The van der Waals surface area contributed by atoms with Crippen LogP contribution in [-0.2, 0) is 0 Å². The Balaban J connectivity index is 1.97. The van der Waals surface area contributed by atoms with Crippen molar-refractivity contribution in [2.45, 2.75) is 38.0 Å². The van der Waals surface area contributed by atoms with Gasteiger partial charge < -0.3 is 10.2 Å².